The first kappa shape index (κ1) is 122. The SMILES string of the molecule is CC.CC.CC.CC.CC.CC.CC.CC.CC.CC.CC.CC.CC.CC.CC.CC.CC.CC.CC12CCC(C)(C(=O)O1)C2(C)C.O=C1CCCO1.O=C1COC2CC3CC1C2C3.O=C1OC2CC3CC(C2)CC1C3.O=C1OCC2C3CC(C12)C1C2CCC(C2)C31.O=C1OCC2C3CCC(C3)C12.O=C1OCCC12CC1CC2C2C3CCC(C3)C12. The van der Waals surface area contributed by atoms with Crippen molar-refractivity contribution in [1.82, 2.24) is 0 Å². The summed E-state index contributed by atoms with van der Waals surface area (Å²) in [6.07, 6.45) is 31.6. The number of hydrogen-bond acceptors (Lipinski definition) is 14. The average molecular weight is 1720 g/mol. The Balaban J connectivity index is -0.00000127. The summed E-state index contributed by atoms with van der Waals surface area (Å²) in [4.78, 5) is 79.5. The smallest absolute Gasteiger partial charge is 0.313 e. The molecule has 27 atom stereocenters. The molecule has 0 aromatic carbocycles. The Morgan fingerprint density at radius 2 is 0.802 bits per heavy atom. The van der Waals surface area contributed by atoms with Crippen LogP contribution < -0.4 is 0 Å². The Bertz CT molecular complexity index is 2720. The Kier molecular flexibility index (Phi) is 63.7. The van der Waals surface area contributed by atoms with E-state index >= 15 is 0 Å². The Morgan fingerprint density at radius 3 is 1.22 bits per heavy atom. The van der Waals surface area contributed by atoms with Gasteiger partial charge < -0.3 is 33.2 Å². The predicted octanol–water partition coefficient (Wildman–Crippen LogP) is 29.6. The Labute approximate surface area is 750 Å². The van der Waals surface area contributed by atoms with Crippen LogP contribution in [-0.4, -0.2) is 92.4 Å². The number of carbonyl (C=O) groups excluding carboxylic acids is 7. The van der Waals surface area contributed by atoms with Crippen molar-refractivity contribution in [2.45, 2.75) is 455 Å². The first-order chi connectivity index (χ1) is 58.9. The number of carbonyl (C=O) groups is 7. The van der Waals surface area contributed by atoms with E-state index in [2.05, 4.69) is 25.5 Å². The third-order valence-electron chi connectivity index (χ3n) is 30.3. The zero-order valence-electron chi connectivity index (χ0n) is 87.4. The second-order valence-electron chi connectivity index (χ2n) is 33.6. The number of ether oxygens (including phenoxy) is 7. The van der Waals surface area contributed by atoms with Gasteiger partial charge in [0, 0.05) is 29.6 Å². The predicted molar refractivity (Wildman–Crippen MR) is 511 cm³/mol. The number of cyclic esters (lactones) is 4. The highest BCUT2D eigenvalue weighted by atomic mass is 16.6. The first-order valence-electron chi connectivity index (χ1n) is 53.1. The molecule has 14 heteroatoms. The highest BCUT2D eigenvalue weighted by Gasteiger charge is 2.73. The van der Waals surface area contributed by atoms with Gasteiger partial charge in [0.25, 0.3) is 0 Å². The zero-order valence-corrected chi connectivity index (χ0v) is 87.4. The van der Waals surface area contributed by atoms with E-state index in [0.717, 1.165) is 153 Å². The minimum absolute atomic E-state index is 0.00116. The molecule has 27 unspecified atom stereocenters. The van der Waals surface area contributed by atoms with Crippen LogP contribution in [0.1, 0.15) is 437 Å². The number of hydrogen-bond donors (Lipinski definition) is 0. The van der Waals surface area contributed by atoms with Gasteiger partial charge in [0.1, 0.15) is 18.3 Å². The van der Waals surface area contributed by atoms with Gasteiger partial charge in [-0.2, -0.15) is 0 Å². The van der Waals surface area contributed by atoms with Crippen LogP contribution in [0.25, 0.3) is 0 Å². The summed E-state index contributed by atoms with van der Waals surface area (Å²) in [5, 5.41) is 0. The maximum absolute atomic E-state index is 12.2. The zero-order chi connectivity index (χ0) is 94.2. The van der Waals surface area contributed by atoms with Crippen molar-refractivity contribution in [2.24, 2.45) is 158 Å². The van der Waals surface area contributed by atoms with Crippen LogP contribution in [0.5, 0.6) is 0 Å². The lowest BCUT2D eigenvalue weighted by Gasteiger charge is -2.42. The van der Waals surface area contributed by atoms with Crippen molar-refractivity contribution in [3.05, 3.63) is 0 Å². The van der Waals surface area contributed by atoms with Crippen molar-refractivity contribution >= 4 is 41.6 Å². The molecule has 23 aliphatic rings. The Hall–Kier alpha value is -3.55. The number of rotatable bonds is 0. The molecule has 18 bridgehead atoms. The lowest BCUT2D eigenvalue weighted by molar-refractivity contribution is -0.158. The largest absolute Gasteiger partial charge is 0.466 e. The van der Waals surface area contributed by atoms with Gasteiger partial charge in [0.2, 0.25) is 0 Å². The lowest BCUT2D eigenvalue weighted by Crippen LogP contribution is -2.42. The summed E-state index contributed by atoms with van der Waals surface area (Å²) in [5.41, 5.74) is -0.450. The molecule has 0 aromatic rings. The second kappa shape index (κ2) is 63.4. The summed E-state index contributed by atoms with van der Waals surface area (Å²) in [6, 6.07) is 0. The molecule has 15 aliphatic carbocycles. The molecular formula is C107H206O14. The fourth-order valence-electron chi connectivity index (χ4n) is 26.2. The molecule has 0 amide bonds. The van der Waals surface area contributed by atoms with Crippen LogP contribution in [-0.2, 0) is 66.7 Å². The first-order valence-corrected chi connectivity index (χ1v) is 53.1. The molecule has 8 heterocycles. The van der Waals surface area contributed by atoms with Crippen LogP contribution in [0, 0.1) is 158 Å². The third kappa shape index (κ3) is 27.1. The lowest BCUT2D eigenvalue weighted by atomic mass is 9.60. The van der Waals surface area contributed by atoms with Gasteiger partial charge in [0.15, 0.2) is 5.78 Å². The number of esters is 6. The monoisotopic (exact) mass is 1720 g/mol. The van der Waals surface area contributed by atoms with Crippen LogP contribution in [0.3, 0.4) is 0 Å². The third-order valence-corrected chi connectivity index (χ3v) is 30.3. The van der Waals surface area contributed by atoms with Crippen LogP contribution in [0.4, 0.5) is 0 Å². The van der Waals surface area contributed by atoms with Crippen LogP contribution >= 0.6 is 0 Å². The number of ketones is 1. The molecule has 23 fully saturated rings. The summed E-state index contributed by atoms with van der Waals surface area (Å²) in [5.74, 6) is 19.0. The molecule has 8 saturated heterocycles. The van der Waals surface area contributed by atoms with Crippen LogP contribution in [0.15, 0.2) is 0 Å². The normalized spacial score (nSPS) is 38.9. The molecule has 14 nitrogen and oxygen atoms in total. The summed E-state index contributed by atoms with van der Waals surface area (Å²) in [6.45, 7) is 83.6. The molecule has 0 aromatic heterocycles. The van der Waals surface area contributed by atoms with E-state index in [9.17, 15) is 33.6 Å². The van der Waals surface area contributed by atoms with Gasteiger partial charge in [0.05, 0.1) is 61.1 Å². The van der Waals surface area contributed by atoms with E-state index in [1.54, 1.807) is 0 Å². The van der Waals surface area contributed by atoms with E-state index in [4.69, 9.17) is 28.4 Å². The van der Waals surface area contributed by atoms with E-state index in [-0.39, 0.29) is 69.7 Å². The molecule has 0 radical (unpaired) electrons. The average Bonchev–Trinajstić information content (AvgIpc) is 1.55. The fourth-order valence-corrected chi connectivity index (χ4v) is 26.2. The van der Waals surface area contributed by atoms with Gasteiger partial charge in [-0.05, 0) is 274 Å². The van der Waals surface area contributed by atoms with Crippen molar-refractivity contribution in [3.8, 4) is 0 Å². The van der Waals surface area contributed by atoms with Gasteiger partial charge in [-0.15, -0.1) is 0 Å². The molecule has 8 aliphatic heterocycles. The maximum atomic E-state index is 12.2. The quantitative estimate of drug-likeness (QED) is 0.127. The summed E-state index contributed by atoms with van der Waals surface area (Å²) < 4.78 is 36.5. The summed E-state index contributed by atoms with van der Waals surface area (Å²) >= 11 is 0. The van der Waals surface area contributed by atoms with Gasteiger partial charge in [-0.25, -0.2) is 0 Å². The van der Waals surface area contributed by atoms with Crippen molar-refractivity contribution in [3.63, 3.8) is 0 Å². The van der Waals surface area contributed by atoms with Crippen molar-refractivity contribution in [1.29, 1.82) is 0 Å². The maximum Gasteiger partial charge on any atom is 0.313 e. The van der Waals surface area contributed by atoms with E-state index < -0.39 is 0 Å². The Morgan fingerprint density at radius 1 is 0.339 bits per heavy atom. The molecule has 23 rings (SSSR count). The van der Waals surface area contributed by atoms with Crippen molar-refractivity contribution < 1.29 is 66.7 Å². The second-order valence-corrected chi connectivity index (χ2v) is 33.6. The molecule has 718 valence electrons. The minimum Gasteiger partial charge on any atom is -0.466 e. The van der Waals surface area contributed by atoms with Gasteiger partial charge >= 0.3 is 35.8 Å². The topological polar surface area (TPSA) is 184 Å². The molecule has 0 N–H and O–H groups in total. The van der Waals surface area contributed by atoms with E-state index in [0.29, 0.717) is 85.5 Å². The minimum atomic E-state index is -0.234. The van der Waals surface area contributed by atoms with Gasteiger partial charge in [-0.1, -0.05) is 263 Å². The van der Waals surface area contributed by atoms with E-state index in [1.807, 2.05) is 256 Å². The molecule has 1 spiro atoms. The number of Topliss-reactive ketones (excluding diaryl/α,β-unsaturated/α-hetero) is 1. The fraction of sp³-hybridized carbons (Fsp3) is 0.935. The molecule has 15 saturated carbocycles. The highest BCUT2D eigenvalue weighted by molar-refractivity contribution is 5.84. The molecular weight excluding hydrogens is 1510 g/mol. The summed E-state index contributed by atoms with van der Waals surface area (Å²) in [7, 11) is 0. The van der Waals surface area contributed by atoms with Crippen LogP contribution in [0.2, 0.25) is 0 Å². The molecule has 121 heavy (non-hydrogen) atoms. The van der Waals surface area contributed by atoms with Gasteiger partial charge in [-0.3, -0.25) is 33.6 Å². The standard InChI is InChI=1S/C15H20O2.C14H18O2.C10H14O2.C10H16O2.2C9H12O2.C4H6O2.18C2H6/c16-14-15(3-4-17-14)7-10-6-11(15)13-9-2-1-8(5-9)12(10)13;15-14-13-9-4-8(10(13)5-16-14)11-6-1-2-7(3-6)12(9)11;11-10-8-2-6-1-7(3-8)5-9(4-6)12-10;1-8(2)9(3)5-6-10(8,4)12-7(9)11;10-8-4-11-9-3-5-1-6(8)7(9)2-5;10-9-8-6-2-1-5(3-6)7(8)4-11-9;5-4-2-1-3-6-4;18*1-2/h8-13H,1-7H2;6-13H,1-5H2;6-9H,1-5H2;5-6H2,1-4H3;5-7,9H,1-4H2;5-8H,1-4H2;1-3H2;18*1-2H3. The van der Waals surface area contributed by atoms with Crippen molar-refractivity contribution in [2.75, 3.05) is 33.0 Å². The van der Waals surface area contributed by atoms with E-state index in [1.165, 1.54) is 103 Å². The highest BCUT2D eigenvalue weighted by Crippen LogP contribution is 2.74. The number of fused-ring (bicyclic) bond motifs is 31.